The molecule has 0 aliphatic carbocycles. The van der Waals surface area contributed by atoms with Gasteiger partial charge in [0.1, 0.15) is 0 Å². The Labute approximate surface area is 94.9 Å². The van der Waals surface area contributed by atoms with Gasteiger partial charge in [0.05, 0.1) is 11.4 Å². The number of hydrogen-bond acceptors (Lipinski definition) is 4. The van der Waals surface area contributed by atoms with E-state index in [9.17, 15) is 0 Å². The van der Waals surface area contributed by atoms with Gasteiger partial charge in [0.25, 0.3) is 0 Å². The fraction of sp³-hybridized carbons (Fsp3) is 0. The number of para-hydroxylation sites is 2. The normalized spacial score (nSPS) is 9.00. The van der Waals surface area contributed by atoms with Gasteiger partial charge in [-0.25, -0.2) is 0 Å². The Morgan fingerprint density at radius 1 is 0.500 bits per heavy atom. The number of benzene rings is 2. The average molecular weight is 216 g/mol. The van der Waals surface area contributed by atoms with Crippen LogP contribution in [0.4, 0.5) is 22.7 Å². The lowest BCUT2D eigenvalue weighted by Gasteiger charge is -1.94. The minimum atomic E-state index is 0.646. The van der Waals surface area contributed by atoms with Crippen LogP contribution in [0.1, 0.15) is 0 Å². The zero-order chi connectivity index (χ0) is 12.0. The summed E-state index contributed by atoms with van der Waals surface area (Å²) >= 11 is 0. The van der Waals surface area contributed by atoms with E-state index in [2.05, 4.69) is 0 Å². The molecule has 4 nitrogen and oxygen atoms in total. The molecule has 0 aromatic heterocycles. The van der Waals surface area contributed by atoms with Crippen molar-refractivity contribution < 1.29 is 0 Å². The predicted molar refractivity (Wildman–Crippen MR) is 70.5 cm³/mol. The summed E-state index contributed by atoms with van der Waals surface area (Å²) in [4.78, 5) is 0. The summed E-state index contributed by atoms with van der Waals surface area (Å²) in [6.07, 6.45) is 0. The molecule has 0 aliphatic rings. The van der Waals surface area contributed by atoms with Crippen LogP contribution in [0.25, 0.3) is 0 Å². The zero-order valence-electron chi connectivity index (χ0n) is 8.93. The highest BCUT2D eigenvalue weighted by Crippen LogP contribution is 2.10. The lowest BCUT2D eigenvalue weighted by molar-refractivity contribution is 1.67. The fourth-order valence-electron chi connectivity index (χ4n) is 1.01. The first-order valence-corrected chi connectivity index (χ1v) is 4.80. The van der Waals surface area contributed by atoms with Gasteiger partial charge in [-0.05, 0) is 36.4 Å². The van der Waals surface area contributed by atoms with Gasteiger partial charge in [0.15, 0.2) is 0 Å². The first-order chi connectivity index (χ1) is 7.59. The van der Waals surface area contributed by atoms with E-state index in [-0.39, 0.29) is 0 Å². The standard InChI is InChI=1S/2C6H8N2/c7-5-1-2-6(8)4-3-5;7-5-3-1-2-4-6(5)8/h2*1-4H,7-8H2. The summed E-state index contributed by atoms with van der Waals surface area (Å²) in [5.41, 5.74) is 24.3. The second kappa shape index (κ2) is 5.50. The zero-order valence-corrected chi connectivity index (χ0v) is 8.93. The Bertz CT molecular complexity index is 395. The second-order valence-electron chi connectivity index (χ2n) is 3.30. The molecule has 0 unspecified atom stereocenters. The minimum absolute atomic E-state index is 0.646. The van der Waals surface area contributed by atoms with E-state index >= 15 is 0 Å². The molecule has 0 heterocycles. The van der Waals surface area contributed by atoms with Crippen LogP contribution < -0.4 is 22.9 Å². The third-order valence-electron chi connectivity index (χ3n) is 1.93. The molecule has 8 N–H and O–H groups in total. The third kappa shape index (κ3) is 3.79. The molecule has 0 fully saturated rings. The van der Waals surface area contributed by atoms with Gasteiger partial charge in [0.2, 0.25) is 0 Å². The van der Waals surface area contributed by atoms with Crippen molar-refractivity contribution in [2.75, 3.05) is 22.9 Å². The molecule has 0 saturated heterocycles. The molecule has 0 aliphatic heterocycles. The van der Waals surface area contributed by atoms with E-state index in [1.54, 1.807) is 36.4 Å². The Kier molecular flexibility index (Phi) is 4.03. The minimum Gasteiger partial charge on any atom is -0.399 e. The molecule has 0 amide bonds. The maximum atomic E-state index is 5.39. The Morgan fingerprint density at radius 2 is 0.812 bits per heavy atom. The maximum Gasteiger partial charge on any atom is 0.0547 e. The van der Waals surface area contributed by atoms with Crippen molar-refractivity contribution in [3.63, 3.8) is 0 Å². The highest BCUT2D eigenvalue weighted by Gasteiger charge is 1.85. The topological polar surface area (TPSA) is 104 Å². The van der Waals surface area contributed by atoms with Crippen molar-refractivity contribution in [2.24, 2.45) is 0 Å². The first-order valence-electron chi connectivity index (χ1n) is 4.80. The van der Waals surface area contributed by atoms with Gasteiger partial charge < -0.3 is 22.9 Å². The first kappa shape index (κ1) is 11.7. The van der Waals surface area contributed by atoms with Crippen molar-refractivity contribution in [1.29, 1.82) is 0 Å². The quantitative estimate of drug-likeness (QED) is 0.503. The lowest BCUT2D eigenvalue weighted by Crippen LogP contribution is -1.91. The van der Waals surface area contributed by atoms with Crippen LogP contribution in [0, 0.1) is 0 Å². The second-order valence-corrected chi connectivity index (χ2v) is 3.30. The summed E-state index contributed by atoms with van der Waals surface area (Å²) in [5, 5.41) is 0. The monoisotopic (exact) mass is 216 g/mol. The summed E-state index contributed by atoms with van der Waals surface area (Å²) in [6, 6.07) is 14.3. The van der Waals surface area contributed by atoms with Gasteiger partial charge in [-0.2, -0.15) is 0 Å². The summed E-state index contributed by atoms with van der Waals surface area (Å²) < 4.78 is 0. The molecule has 4 heteroatoms. The van der Waals surface area contributed by atoms with E-state index in [4.69, 9.17) is 22.9 Å². The van der Waals surface area contributed by atoms with Crippen molar-refractivity contribution in [3.05, 3.63) is 48.5 Å². The van der Waals surface area contributed by atoms with E-state index in [0.29, 0.717) is 11.4 Å². The van der Waals surface area contributed by atoms with Gasteiger partial charge in [-0.15, -0.1) is 0 Å². The molecule has 0 spiro atoms. The molecule has 0 atom stereocenters. The largest absolute Gasteiger partial charge is 0.399 e. The smallest absolute Gasteiger partial charge is 0.0547 e. The van der Waals surface area contributed by atoms with Crippen LogP contribution in [0.3, 0.4) is 0 Å². The molecular weight excluding hydrogens is 200 g/mol. The summed E-state index contributed by atoms with van der Waals surface area (Å²) in [5.74, 6) is 0. The van der Waals surface area contributed by atoms with Crippen LogP contribution in [-0.2, 0) is 0 Å². The molecule has 84 valence electrons. The molecule has 0 saturated carbocycles. The van der Waals surface area contributed by atoms with Gasteiger partial charge in [-0.3, -0.25) is 0 Å². The predicted octanol–water partition coefficient (Wildman–Crippen LogP) is 1.70. The molecule has 2 aromatic carbocycles. The van der Waals surface area contributed by atoms with E-state index in [1.807, 2.05) is 12.1 Å². The molecule has 2 rings (SSSR count). The van der Waals surface area contributed by atoms with Gasteiger partial charge in [-0.1, -0.05) is 12.1 Å². The number of rotatable bonds is 0. The van der Waals surface area contributed by atoms with Gasteiger partial charge >= 0.3 is 0 Å². The van der Waals surface area contributed by atoms with Crippen molar-refractivity contribution in [3.8, 4) is 0 Å². The summed E-state index contributed by atoms with van der Waals surface area (Å²) in [7, 11) is 0. The highest BCUT2D eigenvalue weighted by atomic mass is 14.7. The number of nitrogen functional groups attached to an aromatic ring is 4. The Balaban J connectivity index is 0.000000160. The highest BCUT2D eigenvalue weighted by molar-refractivity contribution is 5.62. The molecule has 0 radical (unpaired) electrons. The van der Waals surface area contributed by atoms with E-state index in [0.717, 1.165) is 11.4 Å². The van der Waals surface area contributed by atoms with Crippen LogP contribution in [-0.4, -0.2) is 0 Å². The Morgan fingerprint density at radius 3 is 1.06 bits per heavy atom. The van der Waals surface area contributed by atoms with E-state index in [1.165, 1.54) is 0 Å². The van der Waals surface area contributed by atoms with Crippen molar-refractivity contribution in [2.45, 2.75) is 0 Å². The van der Waals surface area contributed by atoms with Crippen LogP contribution in [0.5, 0.6) is 0 Å². The fourth-order valence-corrected chi connectivity index (χ4v) is 1.01. The van der Waals surface area contributed by atoms with Crippen LogP contribution in [0.15, 0.2) is 48.5 Å². The number of hydrogen-bond donors (Lipinski definition) is 4. The number of nitrogens with two attached hydrogens (primary N) is 4. The van der Waals surface area contributed by atoms with Crippen LogP contribution in [0.2, 0.25) is 0 Å². The number of anilines is 4. The van der Waals surface area contributed by atoms with Crippen molar-refractivity contribution >= 4 is 22.7 Å². The SMILES string of the molecule is Nc1ccc(N)cc1.Nc1ccccc1N. The maximum absolute atomic E-state index is 5.39. The van der Waals surface area contributed by atoms with E-state index < -0.39 is 0 Å². The molecule has 0 bridgehead atoms. The lowest BCUT2D eigenvalue weighted by atomic mass is 10.3. The van der Waals surface area contributed by atoms with Crippen molar-refractivity contribution in [1.82, 2.24) is 0 Å². The van der Waals surface area contributed by atoms with Crippen LogP contribution >= 0.6 is 0 Å². The molecular formula is C12H16N4. The van der Waals surface area contributed by atoms with Gasteiger partial charge in [0, 0.05) is 11.4 Å². The molecule has 2 aromatic rings. The third-order valence-corrected chi connectivity index (χ3v) is 1.93. The Hall–Kier alpha value is -2.36. The summed E-state index contributed by atoms with van der Waals surface area (Å²) in [6.45, 7) is 0. The molecule has 16 heavy (non-hydrogen) atoms. The average Bonchev–Trinajstić information content (AvgIpc) is 2.28.